The Morgan fingerprint density at radius 3 is 2.53 bits per heavy atom. The van der Waals surface area contributed by atoms with Crippen LogP contribution in [-0.2, 0) is 6.61 Å². The summed E-state index contributed by atoms with van der Waals surface area (Å²) in [6.07, 6.45) is 0. The van der Waals surface area contributed by atoms with Crippen LogP contribution in [0.1, 0.15) is 16.7 Å². The van der Waals surface area contributed by atoms with Gasteiger partial charge in [0.1, 0.15) is 12.4 Å². The van der Waals surface area contributed by atoms with Gasteiger partial charge in [0.15, 0.2) is 0 Å². The molecule has 19 heavy (non-hydrogen) atoms. The zero-order valence-corrected chi connectivity index (χ0v) is 11.1. The molecule has 0 saturated heterocycles. The van der Waals surface area contributed by atoms with Gasteiger partial charge in [-0.1, -0.05) is 36.4 Å². The van der Waals surface area contributed by atoms with Gasteiger partial charge in [0.05, 0.1) is 0 Å². The first kappa shape index (κ1) is 13.7. The first-order valence-electron chi connectivity index (χ1n) is 6.22. The Hall–Kier alpha value is -1.78. The van der Waals surface area contributed by atoms with Gasteiger partial charge in [-0.15, -0.1) is 0 Å². The van der Waals surface area contributed by atoms with E-state index in [1.165, 1.54) is 5.56 Å². The lowest BCUT2D eigenvalue weighted by molar-refractivity contribution is 0.304. The van der Waals surface area contributed by atoms with Crippen molar-refractivity contribution in [1.29, 1.82) is 0 Å². The average molecular weight is 256 g/mol. The van der Waals surface area contributed by atoms with E-state index in [1.807, 2.05) is 38.1 Å². The van der Waals surface area contributed by atoms with E-state index in [-0.39, 0.29) is 0 Å². The summed E-state index contributed by atoms with van der Waals surface area (Å²) in [6.45, 7) is 4.48. The summed E-state index contributed by atoms with van der Waals surface area (Å²) in [5.41, 5.74) is 3.70. The van der Waals surface area contributed by atoms with Crippen LogP contribution < -0.4 is 10.2 Å². The predicted molar refractivity (Wildman–Crippen MR) is 76.5 cm³/mol. The van der Waals surface area contributed by atoms with Crippen molar-refractivity contribution in [3.8, 4) is 5.75 Å². The lowest BCUT2D eigenvalue weighted by atomic mass is 9.80. The number of hydrogen-bond donors (Lipinski definition) is 2. The summed E-state index contributed by atoms with van der Waals surface area (Å²) in [5, 5.41) is 18.3. The highest BCUT2D eigenvalue weighted by molar-refractivity contribution is 6.58. The molecule has 2 rings (SSSR count). The van der Waals surface area contributed by atoms with Crippen molar-refractivity contribution in [1.82, 2.24) is 0 Å². The Kier molecular flexibility index (Phi) is 4.25. The molecule has 4 heteroatoms. The van der Waals surface area contributed by atoms with Crippen LogP contribution in [0.15, 0.2) is 42.5 Å². The van der Waals surface area contributed by atoms with E-state index in [0.717, 1.165) is 16.9 Å². The molecule has 98 valence electrons. The molecule has 0 spiro atoms. The molecule has 0 saturated carbocycles. The quantitative estimate of drug-likeness (QED) is 0.816. The Labute approximate surface area is 113 Å². The zero-order valence-electron chi connectivity index (χ0n) is 11.1. The van der Waals surface area contributed by atoms with Gasteiger partial charge in [-0.05, 0) is 42.1 Å². The van der Waals surface area contributed by atoms with E-state index < -0.39 is 7.12 Å². The number of ether oxygens (including phenoxy) is 1. The smallest absolute Gasteiger partial charge is 0.488 e. The van der Waals surface area contributed by atoms with Crippen molar-refractivity contribution in [2.75, 3.05) is 0 Å². The minimum atomic E-state index is -1.44. The van der Waals surface area contributed by atoms with Gasteiger partial charge in [0.25, 0.3) is 0 Å². The lowest BCUT2D eigenvalue weighted by Crippen LogP contribution is -2.29. The van der Waals surface area contributed by atoms with Crippen molar-refractivity contribution >= 4 is 12.6 Å². The van der Waals surface area contributed by atoms with Gasteiger partial charge >= 0.3 is 7.12 Å². The Morgan fingerprint density at radius 1 is 1.05 bits per heavy atom. The van der Waals surface area contributed by atoms with Crippen LogP contribution in [0.5, 0.6) is 5.75 Å². The topological polar surface area (TPSA) is 49.7 Å². The highest BCUT2D eigenvalue weighted by atomic mass is 16.5. The molecule has 0 aliphatic carbocycles. The van der Waals surface area contributed by atoms with Crippen LogP contribution in [0.2, 0.25) is 0 Å². The highest BCUT2D eigenvalue weighted by Gasteiger charge is 2.11. The third kappa shape index (κ3) is 3.37. The Bertz CT molecular complexity index is 567. The van der Waals surface area contributed by atoms with Crippen molar-refractivity contribution in [3.63, 3.8) is 0 Å². The van der Waals surface area contributed by atoms with Gasteiger partial charge in [-0.3, -0.25) is 0 Å². The van der Waals surface area contributed by atoms with Crippen LogP contribution in [0, 0.1) is 13.8 Å². The standard InChI is InChI=1S/C15H17BO3/c1-11-5-3-8-15(12(11)2)19-10-13-6-4-7-14(9-13)16(17)18/h3-9,17-18H,10H2,1-2H3. The van der Waals surface area contributed by atoms with Crippen LogP contribution in [0.4, 0.5) is 0 Å². The van der Waals surface area contributed by atoms with Gasteiger partial charge in [-0.2, -0.15) is 0 Å². The maximum absolute atomic E-state index is 9.13. The Morgan fingerprint density at radius 2 is 1.79 bits per heavy atom. The fraction of sp³-hybridized carbons (Fsp3) is 0.200. The van der Waals surface area contributed by atoms with Crippen LogP contribution in [0.3, 0.4) is 0 Å². The summed E-state index contributed by atoms with van der Waals surface area (Å²) in [6, 6.07) is 13.0. The summed E-state index contributed by atoms with van der Waals surface area (Å²) < 4.78 is 5.78. The molecule has 2 aromatic carbocycles. The second kappa shape index (κ2) is 5.91. The lowest BCUT2D eigenvalue weighted by Gasteiger charge is -2.11. The van der Waals surface area contributed by atoms with Crippen LogP contribution >= 0.6 is 0 Å². The molecule has 2 N–H and O–H groups in total. The molecule has 0 fully saturated rings. The molecule has 0 amide bonds. The molecule has 0 radical (unpaired) electrons. The molecule has 0 aliphatic heterocycles. The largest absolute Gasteiger partial charge is 0.489 e. The molecule has 0 atom stereocenters. The maximum atomic E-state index is 9.13. The molecular weight excluding hydrogens is 239 g/mol. The fourth-order valence-electron chi connectivity index (χ4n) is 1.89. The molecule has 0 heterocycles. The molecule has 0 aromatic heterocycles. The zero-order chi connectivity index (χ0) is 13.8. The SMILES string of the molecule is Cc1cccc(OCc2cccc(B(O)O)c2)c1C. The number of benzene rings is 2. The van der Waals surface area contributed by atoms with Gasteiger partial charge in [-0.25, -0.2) is 0 Å². The summed E-state index contributed by atoms with van der Waals surface area (Å²) in [4.78, 5) is 0. The third-order valence-electron chi connectivity index (χ3n) is 3.20. The molecule has 0 unspecified atom stereocenters. The van der Waals surface area contributed by atoms with Crippen molar-refractivity contribution < 1.29 is 14.8 Å². The van der Waals surface area contributed by atoms with Crippen molar-refractivity contribution in [3.05, 3.63) is 59.2 Å². The first-order chi connectivity index (χ1) is 9.08. The second-order valence-electron chi connectivity index (χ2n) is 4.61. The van der Waals surface area contributed by atoms with E-state index >= 15 is 0 Å². The molecular formula is C15H17BO3. The van der Waals surface area contributed by atoms with Crippen molar-refractivity contribution in [2.45, 2.75) is 20.5 Å². The third-order valence-corrected chi connectivity index (χ3v) is 3.20. The molecule has 3 nitrogen and oxygen atoms in total. The minimum Gasteiger partial charge on any atom is -0.489 e. The minimum absolute atomic E-state index is 0.408. The van der Waals surface area contributed by atoms with E-state index in [4.69, 9.17) is 14.8 Å². The number of aryl methyl sites for hydroxylation is 1. The van der Waals surface area contributed by atoms with E-state index in [0.29, 0.717) is 12.1 Å². The fourth-order valence-corrected chi connectivity index (χ4v) is 1.89. The van der Waals surface area contributed by atoms with Crippen LogP contribution in [-0.4, -0.2) is 17.2 Å². The number of hydrogen-bond acceptors (Lipinski definition) is 3. The Balaban J connectivity index is 2.10. The monoisotopic (exact) mass is 256 g/mol. The van der Waals surface area contributed by atoms with Gasteiger partial charge in [0.2, 0.25) is 0 Å². The van der Waals surface area contributed by atoms with E-state index in [1.54, 1.807) is 18.2 Å². The summed E-state index contributed by atoms with van der Waals surface area (Å²) in [7, 11) is -1.44. The number of rotatable bonds is 4. The molecule has 2 aromatic rings. The summed E-state index contributed by atoms with van der Waals surface area (Å²) >= 11 is 0. The predicted octanol–water partition coefficient (Wildman–Crippen LogP) is 1.56. The molecule has 0 bridgehead atoms. The highest BCUT2D eigenvalue weighted by Crippen LogP contribution is 2.21. The van der Waals surface area contributed by atoms with Gasteiger partial charge in [0, 0.05) is 0 Å². The maximum Gasteiger partial charge on any atom is 0.488 e. The van der Waals surface area contributed by atoms with Crippen LogP contribution in [0.25, 0.3) is 0 Å². The average Bonchev–Trinajstić information content (AvgIpc) is 2.41. The van der Waals surface area contributed by atoms with E-state index in [9.17, 15) is 0 Å². The normalized spacial score (nSPS) is 10.3. The molecule has 0 aliphatic rings. The van der Waals surface area contributed by atoms with E-state index in [2.05, 4.69) is 0 Å². The first-order valence-corrected chi connectivity index (χ1v) is 6.22. The van der Waals surface area contributed by atoms with Crippen molar-refractivity contribution in [2.24, 2.45) is 0 Å². The second-order valence-corrected chi connectivity index (χ2v) is 4.61. The van der Waals surface area contributed by atoms with Gasteiger partial charge < -0.3 is 14.8 Å². The summed E-state index contributed by atoms with van der Waals surface area (Å²) in [5.74, 6) is 0.856.